The van der Waals surface area contributed by atoms with Crippen molar-refractivity contribution in [3.05, 3.63) is 23.4 Å². The lowest BCUT2D eigenvalue weighted by Gasteiger charge is -2.33. The van der Waals surface area contributed by atoms with Crippen LogP contribution in [-0.2, 0) is 11.3 Å². The Morgan fingerprint density at radius 3 is 3.06 bits per heavy atom. The first kappa shape index (κ1) is 13.3. The fourth-order valence-corrected chi connectivity index (χ4v) is 2.52. The van der Waals surface area contributed by atoms with E-state index in [9.17, 15) is 0 Å². The maximum atomic E-state index is 5.73. The molecule has 0 saturated carbocycles. The van der Waals surface area contributed by atoms with Crippen LogP contribution in [0.4, 0.5) is 5.82 Å². The van der Waals surface area contributed by atoms with Crippen LogP contribution in [-0.4, -0.2) is 30.8 Å². The average molecular weight is 249 g/mol. The molecule has 0 aliphatic carbocycles. The van der Waals surface area contributed by atoms with Crippen molar-refractivity contribution in [2.75, 3.05) is 24.6 Å². The lowest BCUT2D eigenvalue weighted by atomic mass is 10.1. The van der Waals surface area contributed by atoms with Gasteiger partial charge >= 0.3 is 0 Å². The van der Waals surface area contributed by atoms with Crippen LogP contribution < -0.4 is 10.6 Å². The average Bonchev–Trinajstić information content (AvgIpc) is 2.39. The molecule has 4 nitrogen and oxygen atoms in total. The van der Waals surface area contributed by atoms with Crippen molar-refractivity contribution in [3.63, 3.8) is 0 Å². The summed E-state index contributed by atoms with van der Waals surface area (Å²) in [6.07, 6.45) is 2.66. The van der Waals surface area contributed by atoms with Crippen molar-refractivity contribution in [2.45, 2.75) is 39.3 Å². The Labute approximate surface area is 109 Å². The molecule has 0 radical (unpaired) electrons. The van der Waals surface area contributed by atoms with Gasteiger partial charge in [-0.2, -0.15) is 0 Å². The van der Waals surface area contributed by atoms with Crippen molar-refractivity contribution >= 4 is 5.82 Å². The molecule has 2 N–H and O–H groups in total. The van der Waals surface area contributed by atoms with Crippen LogP contribution >= 0.6 is 0 Å². The molecule has 1 aliphatic rings. The molecule has 1 unspecified atom stereocenters. The van der Waals surface area contributed by atoms with Crippen LogP contribution in [0.5, 0.6) is 0 Å². The Morgan fingerprint density at radius 1 is 1.50 bits per heavy atom. The van der Waals surface area contributed by atoms with Gasteiger partial charge in [-0.1, -0.05) is 0 Å². The fraction of sp³-hybridized carbons (Fsp3) is 0.643. The highest BCUT2D eigenvalue weighted by Gasteiger charge is 2.21. The number of piperidine rings is 1. The molecule has 1 saturated heterocycles. The van der Waals surface area contributed by atoms with E-state index in [1.54, 1.807) is 0 Å². The molecular weight excluding hydrogens is 226 g/mol. The maximum Gasteiger partial charge on any atom is 0.129 e. The number of ether oxygens (including phenoxy) is 1. The minimum absolute atomic E-state index is 0.340. The fourth-order valence-electron chi connectivity index (χ4n) is 2.52. The summed E-state index contributed by atoms with van der Waals surface area (Å²) in [4.78, 5) is 6.93. The van der Waals surface area contributed by atoms with E-state index in [2.05, 4.69) is 22.9 Å². The van der Waals surface area contributed by atoms with E-state index in [-0.39, 0.29) is 0 Å². The van der Waals surface area contributed by atoms with Gasteiger partial charge in [0.25, 0.3) is 0 Å². The van der Waals surface area contributed by atoms with Gasteiger partial charge in [0.05, 0.1) is 6.10 Å². The van der Waals surface area contributed by atoms with Gasteiger partial charge in [0.2, 0.25) is 0 Å². The molecule has 1 atom stereocenters. The van der Waals surface area contributed by atoms with E-state index in [0.717, 1.165) is 49.6 Å². The van der Waals surface area contributed by atoms with E-state index in [4.69, 9.17) is 10.5 Å². The number of hydrogen-bond acceptors (Lipinski definition) is 4. The standard InChI is InChI=1S/C14H23N3O/c1-3-18-13-5-4-6-17(10-13)14-8-12(9-15)7-11(2)16-14/h7-8,13H,3-6,9-10,15H2,1-2H3. The molecule has 0 aromatic carbocycles. The highest BCUT2D eigenvalue weighted by atomic mass is 16.5. The van der Waals surface area contributed by atoms with Gasteiger partial charge in [-0.15, -0.1) is 0 Å². The Balaban J connectivity index is 2.12. The zero-order valence-electron chi connectivity index (χ0n) is 11.4. The molecule has 1 fully saturated rings. The summed E-state index contributed by atoms with van der Waals surface area (Å²) in [6, 6.07) is 4.15. The van der Waals surface area contributed by atoms with Crippen molar-refractivity contribution in [3.8, 4) is 0 Å². The summed E-state index contributed by atoms with van der Waals surface area (Å²) in [7, 11) is 0. The number of nitrogens with two attached hydrogens (primary N) is 1. The number of aromatic nitrogens is 1. The number of hydrogen-bond donors (Lipinski definition) is 1. The van der Waals surface area contributed by atoms with E-state index in [1.807, 2.05) is 13.0 Å². The van der Waals surface area contributed by atoms with Crippen LogP contribution in [0.3, 0.4) is 0 Å². The van der Waals surface area contributed by atoms with Gasteiger partial charge in [-0.3, -0.25) is 0 Å². The van der Waals surface area contributed by atoms with Gasteiger partial charge in [0, 0.05) is 31.9 Å². The Bertz CT molecular complexity index is 393. The second-order valence-electron chi connectivity index (χ2n) is 4.84. The minimum atomic E-state index is 0.340. The topological polar surface area (TPSA) is 51.4 Å². The predicted octanol–water partition coefficient (Wildman–Crippen LogP) is 1.85. The summed E-state index contributed by atoms with van der Waals surface area (Å²) in [5.74, 6) is 1.04. The van der Waals surface area contributed by atoms with Crippen LogP contribution in [0.1, 0.15) is 31.0 Å². The SMILES string of the molecule is CCOC1CCCN(c2cc(CN)cc(C)n2)C1. The third kappa shape index (κ3) is 3.21. The molecule has 0 amide bonds. The first-order valence-corrected chi connectivity index (χ1v) is 6.77. The predicted molar refractivity (Wildman–Crippen MR) is 73.7 cm³/mol. The summed E-state index contributed by atoms with van der Waals surface area (Å²) in [6.45, 7) is 7.42. The molecule has 100 valence electrons. The largest absolute Gasteiger partial charge is 0.377 e. The van der Waals surface area contributed by atoms with Crippen molar-refractivity contribution in [1.82, 2.24) is 4.98 Å². The molecule has 2 rings (SSSR count). The van der Waals surface area contributed by atoms with Crippen LogP contribution in [0.25, 0.3) is 0 Å². The van der Waals surface area contributed by atoms with E-state index in [1.165, 1.54) is 0 Å². The van der Waals surface area contributed by atoms with E-state index >= 15 is 0 Å². The number of rotatable bonds is 4. The van der Waals surface area contributed by atoms with Crippen LogP contribution in [0.2, 0.25) is 0 Å². The van der Waals surface area contributed by atoms with E-state index in [0.29, 0.717) is 12.6 Å². The van der Waals surface area contributed by atoms with Crippen molar-refractivity contribution in [2.24, 2.45) is 5.73 Å². The molecule has 1 aliphatic heterocycles. The van der Waals surface area contributed by atoms with Crippen LogP contribution in [0.15, 0.2) is 12.1 Å². The third-order valence-electron chi connectivity index (χ3n) is 3.34. The molecular formula is C14H23N3O. The van der Waals surface area contributed by atoms with Gasteiger partial charge in [-0.05, 0) is 44.4 Å². The number of pyridine rings is 1. The number of aryl methyl sites for hydroxylation is 1. The number of anilines is 1. The zero-order valence-corrected chi connectivity index (χ0v) is 11.4. The van der Waals surface area contributed by atoms with Gasteiger partial charge in [0.1, 0.15) is 5.82 Å². The molecule has 18 heavy (non-hydrogen) atoms. The Morgan fingerprint density at radius 2 is 2.33 bits per heavy atom. The Hall–Kier alpha value is -1.13. The molecule has 4 heteroatoms. The highest BCUT2D eigenvalue weighted by molar-refractivity contribution is 5.43. The Kier molecular flexibility index (Phi) is 4.55. The van der Waals surface area contributed by atoms with Crippen LogP contribution in [0, 0.1) is 6.92 Å². The minimum Gasteiger partial charge on any atom is -0.377 e. The van der Waals surface area contributed by atoms with Crippen molar-refractivity contribution < 1.29 is 4.74 Å². The normalized spacial score (nSPS) is 20.2. The summed E-state index contributed by atoms with van der Waals surface area (Å²) < 4.78 is 5.73. The molecule has 0 spiro atoms. The smallest absolute Gasteiger partial charge is 0.129 e. The first-order valence-electron chi connectivity index (χ1n) is 6.77. The number of nitrogens with zero attached hydrogens (tertiary/aromatic N) is 2. The third-order valence-corrected chi connectivity index (χ3v) is 3.34. The molecule has 2 heterocycles. The quantitative estimate of drug-likeness (QED) is 0.885. The molecule has 1 aromatic rings. The molecule has 1 aromatic heterocycles. The summed E-state index contributed by atoms with van der Waals surface area (Å²) in [5, 5.41) is 0. The monoisotopic (exact) mass is 249 g/mol. The lowest BCUT2D eigenvalue weighted by Crippen LogP contribution is -2.40. The lowest BCUT2D eigenvalue weighted by molar-refractivity contribution is 0.0525. The van der Waals surface area contributed by atoms with Gasteiger partial charge < -0.3 is 15.4 Å². The van der Waals surface area contributed by atoms with E-state index < -0.39 is 0 Å². The maximum absolute atomic E-state index is 5.73. The molecule has 0 bridgehead atoms. The summed E-state index contributed by atoms with van der Waals surface area (Å²) in [5.41, 5.74) is 7.90. The highest BCUT2D eigenvalue weighted by Crippen LogP contribution is 2.21. The van der Waals surface area contributed by atoms with Gasteiger partial charge in [0.15, 0.2) is 0 Å². The van der Waals surface area contributed by atoms with Crippen molar-refractivity contribution in [1.29, 1.82) is 0 Å². The zero-order chi connectivity index (χ0) is 13.0. The first-order chi connectivity index (χ1) is 8.72. The summed E-state index contributed by atoms with van der Waals surface area (Å²) >= 11 is 0. The second-order valence-corrected chi connectivity index (χ2v) is 4.84. The van der Waals surface area contributed by atoms with Gasteiger partial charge in [-0.25, -0.2) is 4.98 Å². The second kappa shape index (κ2) is 6.16.